The van der Waals surface area contributed by atoms with Crippen LogP contribution in [-0.2, 0) is 4.79 Å². The van der Waals surface area contributed by atoms with Gasteiger partial charge in [0.05, 0.1) is 4.91 Å². The predicted molar refractivity (Wildman–Crippen MR) is 85.2 cm³/mol. The number of carbonyl (C=O) groups is 1. The Morgan fingerprint density at radius 2 is 1.90 bits per heavy atom. The molecule has 102 valence electrons. The fourth-order valence-electron chi connectivity index (χ4n) is 2.43. The number of fused-ring (bicyclic) bond motifs is 3. The topological polar surface area (TPSA) is 66.1 Å². The largest absolute Gasteiger partial charge is 0.456 e. The van der Waals surface area contributed by atoms with Crippen molar-refractivity contribution < 1.29 is 9.21 Å². The second-order valence-electron chi connectivity index (χ2n) is 4.75. The number of thioether (sulfide) groups is 1. The van der Waals surface area contributed by atoms with Gasteiger partial charge < -0.3 is 9.73 Å². The molecule has 1 aliphatic heterocycles. The molecule has 0 bridgehead atoms. The highest BCUT2D eigenvalue weighted by Gasteiger charge is 2.22. The number of hydrogen-bond donors (Lipinski definition) is 2. The molecule has 0 unspecified atom stereocenters. The van der Waals surface area contributed by atoms with Crippen molar-refractivity contribution in [1.82, 2.24) is 5.32 Å². The van der Waals surface area contributed by atoms with Crippen molar-refractivity contribution in [1.29, 1.82) is 5.41 Å². The van der Waals surface area contributed by atoms with Crippen LogP contribution in [0.15, 0.2) is 51.8 Å². The molecule has 2 N–H and O–H groups in total. The van der Waals surface area contributed by atoms with Crippen LogP contribution in [0.1, 0.15) is 5.56 Å². The number of hydrogen-bond acceptors (Lipinski definition) is 4. The summed E-state index contributed by atoms with van der Waals surface area (Å²) in [6.45, 7) is 0. The van der Waals surface area contributed by atoms with E-state index < -0.39 is 0 Å². The van der Waals surface area contributed by atoms with E-state index in [1.54, 1.807) is 6.08 Å². The second-order valence-corrected chi connectivity index (χ2v) is 5.80. The summed E-state index contributed by atoms with van der Waals surface area (Å²) in [5.41, 5.74) is 2.60. The van der Waals surface area contributed by atoms with Crippen LogP contribution in [0.2, 0.25) is 0 Å². The standard InChI is InChI=1S/C16H10N2O2S/c17-16-18-15(19)14(21-16)8-9-5-6-13-11(7-9)10-3-1-2-4-12(10)20-13/h1-8H,(H2,17,18,19)/b14-8-. The summed E-state index contributed by atoms with van der Waals surface area (Å²) in [5.74, 6) is -0.220. The third-order valence-corrected chi connectivity index (χ3v) is 4.19. The highest BCUT2D eigenvalue weighted by atomic mass is 32.2. The third kappa shape index (κ3) is 2.02. The van der Waals surface area contributed by atoms with E-state index in [0.29, 0.717) is 4.91 Å². The Morgan fingerprint density at radius 1 is 1.10 bits per heavy atom. The molecule has 21 heavy (non-hydrogen) atoms. The molecule has 4 nitrogen and oxygen atoms in total. The van der Waals surface area contributed by atoms with Crippen LogP contribution in [-0.4, -0.2) is 11.1 Å². The normalized spacial score (nSPS) is 17.0. The van der Waals surface area contributed by atoms with Crippen molar-refractivity contribution in [2.75, 3.05) is 0 Å². The maximum Gasteiger partial charge on any atom is 0.264 e. The van der Waals surface area contributed by atoms with Gasteiger partial charge in [-0.2, -0.15) is 0 Å². The van der Waals surface area contributed by atoms with Crippen LogP contribution in [0, 0.1) is 5.41 Å². The fourth-order valence-corrected chi connectivity index (χ4v) is 3.13. The summed E-state index contributed by atoms with van der Waals surface area (Å²) < 4.78 is 5.78. The second kappa shape index (κ2) is 4.49. The molecule has 0 saturated carbocycles. The average molecular weight is 294 g/mol. The smallest absolute Gasteiger partial charge is 0.264 e. The molecule has 1 aliphatic rings. The van der Waals surface area contributed by atoms with Crippen LogP contribution in [0.5, 0.6) is 0 Å². The molecule has 0 aliphatic carbocycles. The predicted octanol–water partition coefficient (Wildman–Crippen LogP) is 3.72. The van der Waals surface area contributed by atoms with Gasteiger partial charge in [-0.1, -0.05) is 24.3 Å². The van der Waals surface area contributed by atoms with Crippen molar-refractivity contribution in [3.05, 3.63) is 52.9 Å². The Balaban J connectivity index is 1.87. The van der Waals surface area contributed by atoms with Crippen LogP contribution < -0.4 is 5.32 Å². The van der Waals surface area contributed by atoms with E-state index in [4.69, 9.17) is 9.83 Å². The number of nitrogens with one attached hydrogen (secondary N) is 2. The minimum atomic E-state index is -0.220. The van der Waals surface area contributed by atoms with Crippen LogP contribution in [0.25, 0.3) is 28.0 Å². The molecule has 0 radical (unpaired) electrons. The zero-order valence-electron chi connectivity index (χ0n) is 10.8. The molecular weight excluding hydrogens is 284 g/mol. The lowest BCUT2D eigenvalue weighted by molar-refractivity contribution is -0.115. The molecule has 0 atom stereocenters. The quantitative estimate of drug-likeness (QED) is 0.672. The first-order valence-corrected chi connectivity index (χ1v) is 7.23. The summed E-state index contributed by atoms with van der Waals surface area (Å²) in [6, 6.07) is 13.7. The number of benzene rings is 2. The Morgan fingerprint density at radius 3 is 2.71 bits per heavy atom. The molecule has 2 aromatic carbocycles. The zero-order chi connectivity index (χ0) is 14.4. The maximum atomic E-state index is 11.7. The lowest BCUT2D eigenvalue weighted by Gasteiger charge is -1.96. The van der Waals surface area contributed by atoms with Gasteiger partial charge >= 0.3 is 0 Å². The highest BCUT2D eigenvalue weighted by Crippen LogP contribution is 2.31. The molecule has 5 heteroatoms. The Labute approximate surface area is 124 Å². The van der Waals surface area contributed by atoms with Crippen LogP contribution in [0.4, 0.5) is 0 Å². The monoisotopic (exact) mass is 294 g/mol. The van der Waals surface area contributed by atoms with Gasteiger partial charge in [-0.15, -0.1) is 0 Å². The number of rotatable bonds is 1. The molecular formula is C16H10N2O2S. The van der Waals surface area contributed by atoms with E-state index in [9.17, 15) is 4.79 Å². The summed E-state index contributed by atoms with van der Waals surface area (Å²) in [4.78, 5) is 12.2. The first-order chi connectivity index (χ1) is 10.2. The third-order valence-electron chi connectivity index (χ3n) is 3.36. The van der Waals surface area contributed by atoms with Gasteiger partial charge in [0, 0.05) is 10.8 Å². The number of amidine groups is 1. The lowest BCUT2D eigenvalue weighted by atomic mass is 10.1. The van der Waals surface area contributed by atoms with Crippen molar-refractivity contribution in [3.63, 3.8) is 0 Å². The number of furan rings is 1. The van der Waals surface area contributed by atoms with E-state index in [0.717, 1.165) is 39.3 Å². The molecule has 1 fully saturated rings. The minimum Gasteiger partial charge on any atom is -0.456 e. The van der Waals surface area contributed by atoms with Gasteiger partial charge in [0.15, 0.2) is 5.17 Å². The molecule has 3 aromatic rings. The van der Waals surface area contributed by atoms with Gasteiger partial charge in [0.2, 0.25) is 0 Å². The highest BCUT2D eigenvalue weighted by molar-refractivity contribution is 8.18. The first-order valence-electron chi connectivity index (χ1n) is 6.41. The lowest BCUT2D eigenvalue weighted by Crippen LogP contribution is -2.18. The van der Waals surface area contributed by atoms with Crippen LogP contribution >= 0.6 is 11.8 Å². The van der Waals surface area contributed by atoms with Crippen molar-refractivity contribution in [2.45, 2.75) is 0 Å². The number of carbonyl (C=O) groups excluding carboxylic acids is 1. The van der Waals surface area contributed by atoms with E-state index in [-0.39, 0.29) is 11.1 Å². The SMILES string of the molecule is N=C1NC(=O)/C(=C/c2ccc3oc4ccccc4c3c2)S1. The first kappa shape index (κ1) is 12.2. The summed E-state index contributed by atoms with van der Waals surface area (Å²) in [6.07, 6.45) is 1.79. The van der Waals surface area contributed by atoms with Crippen LogP contribution in [0.3, 0.4) is 0 Å². The van der Waals surface area contributed by atoms with Crippen molar-refractivity contribution in [2.24, 2.45) is 0 Å². The molecule has 1 saturated heterocycles. The van der Waals surface area contributed by atoms with E-state index in [2.05, 4.69) is 5.32 Å². The Hall–Kier alpha value is -2.53. The van der Waals surface area contributed by atoms with Crippen molar-refractivity contribution >= 4 is 50.9 Å². The molecule has 0 spiro atoms. The van der Waals surface area contributed by atoms with E-state index in [1.807, 2.05) is 42.5 Å². The van der Waals surface area contributed by atoms with Gasteiger partial charge in [-0.3, -0.25) is 10.2 Å². The Bertz CT molecular complexity index is 940. The number of para-hydroxylation sites is 1. The fraction of sp³-hybridized carbons (Fsp3) is 0. The minimum absolute atomic E-state index is 0.168. The van der Waals surface area contributed by atoms with Gasteiger partial charge in [-0.25, -0.2) is 0 Å². The summed E-state index contributed by atoms with van der Waals surface area (Å²) in [7, 11) is 0. The molecule has 2 heterocycles. The van der Waals surface area contributed by atoms with Crippen molar-refractivity contribution in [3.8, 4) is 0 Å². The maximum absolute atomic E-state index is 11.7. The van der Waals surface area contributed by atoms with Gasteiger partial charge in [0.1, 0.15) is 11.2 Å². The van der Waals surface area contributed by atoms with E-state index in [1.165, 1.54) is 0 Å². The van der Waals surface area contributed by atoms with Gasteiger partial charge in [-0.05, 0) is 41.6 Å². The summed E-state index contributed by atoms with van der Waals surface area (Å²) >= 11 is 1.14. The zero-order valence-corrected chi connectivity index (χ0v) is 11.7. The van der Waals surface area contributed by atoms with Gasteiger partial charge in [0.25, 0.3) is 5.91 Å². The Kier molecular flexibility index (Phi) is 2.62. The van der Waals surface area contributed by atoms with E-state index >= 15 is 0 Å². The number of amides is 1. The molecule has 1 amide bonds. The molecule has 1 aromatic heterocycles. The average Bonchev–Trinajstić information content (AvgIpc) is 2.99. The summed E-state index contributed by atoms with van der Waals surface area (Å²) in [5, 5.41) is 12.2. The molecule has 4 rings (SSSR count).